The first-order chi connectivity index (χ1) is 14.2. The fraction of sp³-hybridized carbons (Fsp3) is 0.565. The molecule has 0 aromatic heterocycles. The number of benzene rings is 1. The Labute approximate surface area is 173 Å². The van der Waals surface area contributed by atoms with E-state index in [1.54, 1.807) is 4.90 Å². The van der Waals surface area contributed by atoms with Crippen LogP contribution in [-0.2, 0) is 4.79 Å². The van der Waals surface area contributed by atoms with Crippen molar-refractivity contribution >= 4 is 18.0 Å². The van der Waals surface area contributed by atoms with Gasteiger partial charge in [0.15, 0.2) is 6.67 Å². The summed E-state index contributed by atoms with van der Waals surface area (Å²) in [6, 6.07) is 10.2. The lowest BCUT2D eigenvalue weighted by atomic mass is 9.90. The zero-order chi connectivity index (χ0) is 20.1. The van der Waals surface area contributed by atoms with Gasteiger partial charge in [-0.15, -0.1) is 0 Å². The number of imide groups is 1. The molecule has 1 aromatic rings. The van der Waals surface area contributed by atoms with Gasteiger partial charge in [-0.05, 0) is 24.5 Å². The van der Waals surface area contributed by atoms with Crippen LogP contribution in [0.3, 0.4) is 0 Å². The van der Waals surface area contributed by atoms with Crippen LogP contribution in [0.1, 0.15) is 44.1 Å². The van der Waals surface area contributed by atoms with E-state index in [1.807, 2.05) is 6.07 Å². The second-order valence-electron chi connectivity index (χ2n) is 8.83. The van der Waals surface area contributed by atoms with Gasteiger partial charge in [-0.2, -0.15) is 0 Å². The molecule has 1 saturated carbocycles. The van der Waals surface area contributed by atoms with Crippen molar-refractivity contribution in [3.05, 3.63) is 42.0 Å². The molecule has 0 unspecified atom stereocenters. The van der Waals surface area contributed by atoms with Gasteiger partial charge in [0.25, 0.3) is 5.91 Å². The smallest absolute Gasteiger partial charge is 0.323 e. The lowest BCUT2D eigenvalue weighted by Crippen LogP contribution is -3.28. The molecule has 4 rings (SSSR count). The first-order valence-corrected chi connectivity index (χ1v) is 11.2. The van der Waals surface area contributed by atoms with Gasteiger partial charge in [0, 0.05) is 0 Å². The number of piperazine rings is 1. The molecule has 2 aliphatic heterocycles. The fourth-order valence-corrected chi connectivity index (χ4v) is 4.96. The maximum atomic E-state index is 13.1. The molecular weight excluding hydrogens is 364 g/mol. The van der Waals surface area contributed by atoms with Gasteiger partial charge in [-0.25, -0.2) is 9.69 Å². The standard InChI is InChI=1S/C23H32N4O2/c28-21-23(12-6-1-2-7-13-23)24-22(29)27(21)19-26-17-15-25(16-18-26)14-8-11-20-9-4-3-5-10-20/h3-5,8-11H,1-2,6-7,12-19H2,(H,24,29)/p+2/b11-8+. The van der Waals surface area contributed by atoms with Crippen molar-refractivity contribution in [2.75, 3.05) is 39.4 Å². The average molecular weight is 399 g/mol. The van der Waals surface area contributed by atoms with E-state index in [4.69, 9.17) is 0 Å². The van der Waals surface area contributed by atoms with Crippen LogP contribution in [0, 0.1) is 0 Å². The molecule has 29 heavy (non-hydrogen) atoms. The monoisotopic (exact) mass is 398 g/mol. The van der Waals surface area contributed by atoms with E-state index >= 15 is 0 Å². The second-order valence-corrected chi connectivity index (χ2v) is 8.83. The summed E-state index contributed by atoms with van der Waals surface area (Å²) in [6.45, 7) is 5.68. The summed E-state index contributed by atoms with van der Waals surface area (Å²) in [5.74, 6) is 0.0254. The van der Waals surface area contributed by atoms with E-state index in [9.17, 15) is 9.59 Å². The Morgan fingerprint density at radius 1 is 0.931 bits per heavy atom. The highest BCUT2D eigenvalue weighted by Gasteiger charge is 2.51. The average Bonchev–Trinajstić information content (AvgIpc) is 2.90. The molecule has 0 atom stereocenters. The minimum absolute atomic E-state index is 0.0254. The molecule has 0 bridgehead atoms. The Bertz CT molecular complexity index is 733. The van der Waals surface area contributed by atoms with E-state index in [2.05, 4.69) is 41.7 Å². The summed E-state index contributed by atoms with van der Waals surface area (Å²) in [4.78, 5) is 30.0. The molecule has 1 aromatic carbocycles. The molecule has 3 aliphatic rings. The largest absolute Gasteiger partial charge is 0.329 e. The van der Waals surface area contributed by atoms with Crippen LogP contribution in [0.4, 0.5) is 4.79 Å². The van der Waals surface area contributed by atoms with E-state index in [1.165, 1.54) is 28.2 Å². The van der Waals surface area contributed by atoms with Gasteiger partial charge in [0.2, 0.25) is 0 Å². The summed E-state index contributed by atoms with van der Waals surface area (Å²) >= 11 is 0. The van der Waals surface area contributed by atoms with Gasteiger partial charge in [-0.1, -0.05) is 62.1 Å². The summed E-state index contributed by atoms with van der Waals surface area (Å²) in [5, 5.41) is 3.06. The summed E-state index contributed by atoms with van der Waals surface area (Å²) in [6.07, 6.45) is 10.4. The molecule has 3 fully saturated rings. The number of urea groups is 1. The van der Waals surface area contributed by atoms with E-state index < -0.39 is 5.54 Å². The zero-order valence-electron chi connectivity index (χ0n) is 17.3. The first kappa shape index (κ1) is 20.1. The lowest BCUT2D eigenvalue weighted by molar-refractivity contribution is -1.01. The van der Waals surface area contributed by atoms with Crippen molar-refractivity contribution < 1.29 is 19.4 Å². The van der Waals surface area contributed by atoms with Crippen LogP contribution in [-0.4, -0.2) is 61.8 Å². The van der Waals surface area contributed by atoms with Gasteiger partial charge in [0.05, 0.1) is 6.54 Å². The maximum Gasteiger partial charge on any atom is 0.329 e. The summed E-state index contributed by atoms with van der Waals surface area (Å²) in [5.41, 5.74) is 0.629. The number of nitrogens with zero attached hydrogens (tertiary/aromatic N) is 1. The molecule has 3 amide bonds. The third-order valence-electron chi connectivity index (χ3n) is 6.77. The highest BCUT2D eigenvalue weighted by atomic mass is 16.2. The first-order valence-electron chi connectivity index (χ1n) is 11.2. The molecule has 6 heteroatoms. The third kappa shape index (κ3) is 4.70. The molecule has 6 nitrogen and oxygen atoms in total. The topological polar surface area (TPSA) is 58.3 Å². The normalized spacial score (nSPS) is 27.4. The highest BCUT2D eigenvalue weighted by Crippen LogP contribution is 2.32. The van der Waals surface area contributed by atoms with Crippen molar-refractivity contribution in [3.8, 4) is 0 Å². The van der Waals surface area contributed by atoms with Crippen LogP contribution in [0.25, 0.3) is 6.08 Å². The summed E-state index contributed by atoms with van der Waals surface area (Å²) < 4.78 is 0. The van der Waals surface area contributed by atoms with E-state index in [0.29, 0.717) is 6.67 Å². The minimum Gasteiger partial charge on any atom is -0.323 e. The Kier molecular flexibility index (Phi) is 6.31. The van der Waals surface area contributed by atoms with Gasteiger partial charge >= 0.3 is 6.03 Å². The maximum absolute atomic E-state index is 13.1. The minimum atomic E-state index is -0.609. The Morgan fingerprint density at radius 3 is 2.28 bits per heavy atom. The number of hydrogen-bond donors (Lipinski definition) is 3. The lowest BCUT2D eigenvalue weighted by Gasteiger charge is -2.31. The van der Waals surface area contributed by atoms with Crippen LogP contribution in [0.5, 0.6) is 0 Å². The molecular formula is C23H34N4O2+2. The quantitative estimate of drug-likeness (QED) is 0.616. The van der Waals surface area contributed by atoms with Gasteiger partial charge in [0.1, 0.15) is 31.7 Å². The molecule has 0 radical (unpaired) electrons. The van der Waals surface area contributed by atoms with Crippen LogP contribution >= 0.6 is 0 Å². The number of hydrogen-bond acceptors (Lipinski definition) is 2. The molecule has 1 spiro atoms. The second kappa shape index (κ2) is 9.09. The number of amides is 3. The Hall–Kier alpha value is -2.18. The number of carbonyl (C=O) groups excluding carboxylic acids is 2. The molecule has 1 aliphatic carbocycles. The predicted molar refractivity (Wildman–Crippen MR) is 112 cm³/mol. The van der Waals surface area contributed by atoms with Gasteiger partial charge < -0.3 is 15.1 Å². The summed E-state index contributed by atoms with van der Waals surface area (Å²) in [7, 11) is 0. The van der Waals surface area contributed by atoms with E-state index in [-0.39, 0.29) is 11.9 Å². The van der Waals surface area contributed by atoms with Crippen molar-refractivity contribution in [2.24, 2.45) is 0 Å². The third-order valence-corrected chi connectivity index (χ3v) is 6.77. The fourth-order valence-electron chi connectivity index (χ4n) is 4.96. The van der Waals surface area contributed by atoms with Crippen molar-refractivity contribution in [1.82, 2.24) is 10.2 Å². The van der Waals surface area contributed by atoms with Crippen LogP contribution in [0.2, 0.25) is 0 Å². The molecule has 2 heterocycles. The van der Waals surface area contributed by atoms with E-state index in [0.717, 1.165) is 58.4 Å². The predicted octanol–water partition coefficient (Wildman–Crippen LogP) is 0.0855. The number of nitrogens with one attached hydrogen (secondary N) is 3. The van der Waals surface area contributed by atoms with Crippen molar-refractivity contribution in [1.29, 1.82) is 0 Å². The Morgan fingerprint density at radius 2 is 1.59 bits per heavy atom. The Balaban J connectivity index is 1.26. The van der Waals surface area contributed by atoms with Crippen molar-refractivity contribution in [3.63, 3.8) is 0 Å². The highest BCUT2D eigenvalue weighted by molar-refractivity contribution is 6.06. The molecule has 156 valence electrons. The molecule has 2 saturated heterocycles. The van der Waals surface area contributed by atoms with Gasteiger partial charge in [-0.3, -0.25) is 4.79 Å². The number of rotatable bonds is 5. The van der Waals surface area contributed by atoms with Crippen LogP contribution < -0.4 is 15.1 Å². The SMILES string of the molecule is O=C1NC2(CCCCCC2)C(=O)N1C[NH+]1CC[NH+](C/C=C/c2ccccc2)CC1. The molecule has 3 N–H and O–H groups in total. The zero-order valence-corrected chi connectivity index (χ0v) is 17.3. The van der Waals surface area contributed by atoms with Crippen molar-refractivity contribution in [2.45, 2.75) is 44.1 Å². The number of quaternary nitrogens is 2. The number of carbonyl (C=O) groups is 2. The van der Waals surface area contributed by atoms with Crippen LogP contribution in [0.15, 0.2) is 36.4 Å².